The van der Waals surface area contributed by atoms with Crippen LogP contribution in [0.5, 0.6) is 0 Å². The molecule has 2 aromatic rings. The van der Waals surface area contributed by atoms with Gasteiger partial charge in [0, 0.05) is 11.4 Å². The smallest absolute Gasteiger partial charge is 0.0530 e. The van der Waals surface area contributed by atoms with Crippen LogP contribution in [0.2, 0.25) is 0 Å². The van der Waals surface area contributed by atoms with E-state index in [2.05, 4.69) is 103 Å². The lowest BCUT2D eigenvalue weighted by atomic mass is 9.88. The second kappa shape index (κ2) is 10.2. The Hall–Kier alpha value is -2.48. The van der Waals surface area contributed by atoms with Crippen LogP contribution >= 0.6 is 0 Å². The predicted octanol–water partition coefficient (Wildman–Crippen LogP) is 8.69. The Morgan fingerprint density at radius 1 is 0.710 bits per heavy atom. The molecule has 0 unspecified atom stereocenters. The van der Waals surface area contributed by atoms with Gasteiger partial charge in [0.1, 0.15) is 0 Å². The molecule has 0 amide bonds. The molecule has 168 valence electrons. The van der Waals surface area contributed by atoms with Crippen molar-refractivity contribution < 1.29 is 0 Å². The number of nitrogens with zero attached hydrogens (tertiary/aromatic N) is 1. The maximum atomic E-state index is 6.15. The highest BCUT2D eigenvalue weighted by Gasteiger charge is 2.27. The van der Waals surface area contributed by atoms with Gasteiger partial charge in [-0.15, -0.1) is 0 Å². The maximum absolute atomic E-state index is 6.15. The van der Waals surface area contributed by atoms with Crippen LogP contribution < -0.4 is 10.6 Å². The lowest BCUT2D eigenvalue weighted by Gasteiger charge is -2.36. The number of rotatable bonds is 8. The standard InChI is InChI=1S/C29H42N2/c1-18(2)24-13-11-14-25(19(3)4)28(24)31(23(10)17-22(9)30)29-26(20(5)6)15-12-16-27(29)21(7)8/h11-21H,10,30H2,1-9H3/b22-17+. The molecule has 2 rings (SSSR count). The predicted molar refractivity (Wildman–Crippen MR) is 138 cm³/mol. The summed E-state index contributed by atoms with van der Waals surface area (Å²) in [5, 5.41) is 0. The van der Waals surface area contributed by atoms with Crippen molar-refractivity contribution in [1.29, 1.82) is 0 Å². The average Bonchev–Trinajstić information content (AvgIpc) is 2.67. The van der Waals surface area contributed by atoms with Gasteiger partial charge in [-0.1, -0.05) is 98.4 Å². The summed E-state index contributed by atoms with van der Waals surface area (Å²) in [7, 11) is 0. The molecule has 0 aromatic heterocycles. The number of hydrogen-bond donors (Lipinski definition) is 1. The number of para-hydroxylation sites is 2. The van der Waals surface area contributed by atoms with E-state index in [0.29, 0.717) is 23.7 Å². The molecule has 2 heteroatoms. The molecule has 0 heterocycles. The lowest BCUT2D eigenvalue weighted by Crippen LogP contribution is -2.23. The first-order valence-electron chi connectivity index (χ1n) is 11.7. The number of anilines is 2. The van der Waals surface area contributed by atoms with Gasteiger partial charge in [-0.05, 0) is 58.9 Å². The third-order valence-corrected chi connectivity index (χ3v) is 5.81. The summed E-state index contributed by atoms with van der Waals surface area (Å²) in [4.78, 5) is 2.39. The van der Waals surface area contributed by atoms with Crippen molar-refractivity contribution >= 4 is 11.4 Å². The molecule has 0 spiro atoms. The van der Waals surface area contributed by atoms with Crippen molar-refractivity contribution in [3.63, 3.8) is 0 Å². The van der Waals surface area contributed by atoms with E-state index < -0.39 is 0 Å². The van der Waals surface area contributed by atoms with Crippen molar-refractivity contribution in [2.75, 3.05) is 4.90 Å². The monoisotopic (exact) mass is 418 g/mol. The lowest BCUT2D eigenvalue weighted by molar-refractivity contribution is 0.810. The van der Waals surface area contributed by atoms with Crippen LogP contribution in [0.4, 0.5) is 11.4 Å². The van der Waals surface area contributed by atoms with Crippen LogP contribution in [-0.4, -0.2) is 0 Å². The molecule has 0 saturated carbocycles. The Bertz CT molecular complexity index is 825. The van der Waals surface area contributed by atoms with E-state index in [-0.39, 0.29) is 0 Å². The van der Waals surface area contributed by atoms with Gasteiger partial charge in [0.05, 0.1) is 11.4 Å². The Kier molecular flexibility index (Phi) is 8.17. The molecule has 2 nitrogen and oxygen atoms in total. The van der Waals surface area contributed by atoms with Crippen LogP contribution in [-0.2, 0) is 0 Å². The molecule has 31 heavy (non-hydrogen) atoms. The van der Waals surface area contributed by atoms with Crippen LogP contribution in [0, 0.1) is 0 Å². The van der Waals surface area contributed by atoms with Crippen molar-refractivity contribution in [2.24, 2.45) is 5.73 Å². The van der Waals surface area contributed by atoms with E-state index in [9.17, 15) is 0 Å². The van der Waals surface area contributed by atoms with Crippen LogP contribution in [0.25, 0.3) is 0 Å². The Balaban J connectivity index is 3.06. The van der Waals surface area contributed by atoms with Crippen molar-refractivity contribution in [1.82, 2.24) is 0 Å². The summed E-state index contributed by atoms with van der Waals surface area (Å²) in [5.74, 6) is 1.56. The highest BCUT2D eigenvalue weighted by Crippen LogP contribution is 2.46. The Morgan fingerprint density at radius 2 is 1.00 bits per heavy atom. The largest absolute Gasteiger partial charge is 0.402 e. The average molecular weight is 419 g/mol. The van der Waals surface area contributed by atoms with E-state index in [1.165, 1.54) is 33.6 Å². The van der Waals surface area contributed by atoms with Gasteiger partial charge < -0.3 is 10.6 Å². The zero-order valence-corrected chi connectivity index (χ0v) is 21.1. The highest BCUT2D eigenvalue weighted by molar-refractivity contribution is 5.80. The fourth-order valence-corrected chi connectivity index (χ4v) is 4.27. The third-order valence-electron chi connectivity index (χ3n) is 5.81. The zero-order valence-electron chi connectivity index (χ0n) is 21.1. The first-order valence-corrected chi connectivity index (χ1v) is 11.7. The third kappa shape index (κ3) is 5.42. The van der Waals surface area contributed by atoms with E-state index in [1.807, 2.05) is 13.0 Å². The summed E-state index contributed by atoms with van der Waals surface area (Å²) in [5.41, 5.74) is 15.7. The normalized spacial score (nSPS) is 12.4. The molecule has 2 N–H and O–H groups in total. The van der Waals surface area contributed by atoms with Gasteiger partial charge in [-0.2, -0.15) is 0 Å². The van der Waals surface area contributed by atoms with Crippen LogP contribution in [0.1, 0.15) is 108 Å². The number of benzene rings is 2. The quantitative estimate of drug-likeness (QED) is 0.434. The van der Waals surface area contributed by atoms with E-state index in [0.717, 1.165) is 11.4 Å². The van der Waals surface area contributed by atoms with E-state index >= 15 is 0 Å². The van der Waals surface area contributed by atoms with Gasteiger partial charge in [-0.25, -0.2) is 0 Å². The maximum Gasteiger partial charge on any atom is 0.0530 e. The molecule has 2 aromatic carbocycles. The zero-order chi connectivity index (χ0) is 23.5. The SMILES string of the molecule is C=C(/C=C(\C)N)N(c1c(C(C)C)cccc1C(C)C)c1c(C(C)C)cccc1C(C)C. The second-order valence-electron chi connectivity index (χ2n) is 9.90. The molecular weight excluding hydrogens is 376 g/mol. The molecule has 0 aliphatic rings. The minimum atomic E-state index is 0.390. The van der Waals surface area contributed by atoms with Crippen molar-refractivity contribution in [3.05, 3.63) is 82.7 Å². The van der Waals surface area contributed by atoms with Crippen LogP contribution in [0.15, 0.2) is 60.4 Å². The summed E-state index contributed by atoms with van der Waals surface area (Å²) < 4.78 is 0. The summed E-state index contributed by atoms with van der Waals surface area (Å²) in [6.45, 7) is 24.6. The Morgan fingerprint density at radius 3 is 1.23 bits per heavy atom. The highest BCUT2D eigenvalue weighted by atomic mass is 15.2. The van der Waals surface area contributed by atoms with Crippen molar-refractivity contribution in [3.8, 4) is 0 Å². The Labute approximate surface area is 190 Å². The molecule has 0 saturated heterocycles. The van der Waals surface area contributed by atoms with Gasteiger partial charge in [0.2, 0.25) is 0 Å². The van der Waals surface area contributed by atoms with Crippen LogP contribution in [0.3, 0.4) is 0 Å². The van der Waals surface area contributed by atoms with Gasteiger partial charge >= 0.3 is 0 Å². The summed E-state index contributed by atoms with van der Waals surface area (Å²) >= 11 is 0. The van der Waals surface area contributed by atoms with E-state index in [4.69, 9.17) is 5.73 Å². The molecule has 0 aliphatic heterocycles. The van der Waals surface area contributed by atoms with E-state index in [1.54, 1.807) is 0 Å². The molecule has 0 fully saturated rings. The first-order chi connectivity index (χ1) is 14.5. The second-order valence-corrected chi connectivity index (χ2v) is 9.90. The molecular formula is C29H42N2. The number of hydrogen-bond acceptors (Lipinski definition) is 2. The summed E-state index contributed by atoms with van der Waals surface area (Å²) in [6, 6.07) is 13.4. The molecule has 0 radical (unpaired) electrons. The fourth-order valence-electron chi connectivity index (χ4n) is 4.27. The first kappa shape index (κ1) is 24.8. The van der Waals surface area contributed by atoms with Crippen molar-refractivity contribution in [2.45, 2.75) is 86.0 Å². The minimum absolute atomic E-state index is 0.390. The molecule has 0 bridgehead atoms. The van der Waals surface area contributed by atoms with Gasteiger partial charge in [0.25, 0.3) is 0 Å². The van der Waals surface area contributed by atoms with Gasteiger partial charge in [-0.3, -0.25) is 0 Å². The molecule has 0 atom stereocenters. The topological polar surface area (TPSA) is 29.3 Å². The number of nitrogens with two attached hydrogens (primary N) is 1. The number of allylic oxidation sites excluding steroid dienone is 2. The minimum Gasteiger partial charge on any atom is -0.402 e. The molecule has 0 aliphatic carbocycles. The fraction of sp³-hybridized carbons (Fsp3) is 0.448. The van der Waals surface area contributed by atoms with Gasteiger partial charge in [0.15, 0.2) is 0 Å². The summed E-state index contributed by atoms with van der Waals surface area (Å²) in [6.07, 6.45) is 2.00.